The van der Waals surface area contributed by atoms with E-state index in [9.17, 15) is 9.59 Å². The highest BCUT2D eigenvalue weighted by Gasteiger charge is 2.20. The molecule has 0 atom stereocenters. The maximum atomic E-state index is 13.5. The predicted molar refractivity (Wildman–Crippen MR) is 167 cm³/mol. The molecule has 2 N–H and O–H groups in total. The number of para-hydroxylation sites is 1. The second kappa shape index (κ2) is 15.4. The molecule has 4 rings (SSSR count). The van der Waals surface area contributed by atoms with Crippen LogP contribution in [0.25, 0.3) is 21.9 Å². The number of ether oxygens (including phenoxy) is 3. The second-order valence-corrected chi connectivity index (χ2v) is 10.6. The van der Waals surface area contributed by atoms with Crippen LogP contribution in [-0.2, 0) is 49.7 Å². The van der Waals surface area contributed by atoms with Gasteiger partial charge in [0.1, 0.15) is 11.3 Å². The predicted octanol–water partition coefficient (Wildman–Crippen LogP) is 3.07. The Morgan fingerprint density at radius 1 is 0.930 bits per heavy atom. The first-order valence-corrected chi connectivity index (χ1v) is 14.5. The van der Waals surface area contributed by atoms with Crippen LogP contribution >= 0.6 is 0 Å². The normalized spacial score (nSPS) is 11.5. The van der Waals surface area contributed by atoms with Crippen LogP contribution in [0.4, 0.5) is 5.82 Å². The molecule has 2 heterocycles. The lowest BCUT2D eigenvalue weighted by Gasteiger charge is -2.26. The molecule has 230 valence electrons. The van der Waals surface area contributed by atoms with Crippen molar-refractivity contribution in [1.29, 1.82) is 0 Å². The zero-order valence-corrected chi connectivity index (χ0v) is 25.5. The van der Waals surface area contributed by atoms with E-state index in [0.29, 0.717) is 63.6 Å². The average Bonchev–Trinajstić information content (AvgIpc) is 3.38. The standard InChI is InChI=1S/C32H42N6O5/c1-36(17-19-42-3)22-28(39)37(21-24-12-10-23(11-13-24)20-29(40)43-4)15-7-16-38-27(14-18-41-2)35-30-31(38)25-8-5-6-9-26(25)34-32(30)33/h5-6,8-13H,7,14-22H2,1-4H3,(H2,33,34). The molecule has 2 aromatic heterocycles. The van der Waals surface area contributed by atoms with Crippen molar-refractivity contribution in [2.45, 2.75) is 32.4 Å². The van der Waals surface area contributed by atoms with E-state index in [2.05, 4.69) is 9.55 Å². The Labute approximate surface area is 252 Å². The van der Waals surface area contributed by atoms with Gasteiger partial charge in [-0.05, 0) is 30.7 Å². The van der Waals surface area contributed by atoms with Crippen LogP contribution in [0.2, 0.25) is 0 Å². The number of nitrogens with two attached hydrogens (primary N) is 1. The molecule has 0 aliphatic rings. The first kappa shape index (κ1) is 31.9. The molecule has 2 aromatic carbocycles. The Kier molecular flexibility index (Phi) is 11.4. The summed E-state index contributed by atoms with van der Waals surface area (Å²) in [6.45, 7) is 3.66. The topological polar surface area (TPSA) is 125 Å². The fourth-order valence-corrected chi connectivity index (χ4v) is 5.12. The number of carbonyl (C=O) groups is 2. The Morgan fingerprint density at radius 3 is 2.37 bits per heavy atom. The number of fused-ring (bicyclic) bond motifs is 3. The number of benzene rings is 2. The summed E-state index contributed by atoms with van der Waals surface area (Å²) in [5, 5.41) is 0.989. The van der Waals surface area contributed by atoms with Gasteiger partial charge in [0.15, 0.2) is 5.82 Å². The Balaban J connectivity index is 1.57. The number of carbonyl (C=O) groups excluding carboxylic acids is 2. The van der Waals surface area contributed by atoms with Crippen LogP contribution in [0, 0.1) is 0 Å². The number of pyridine rings is 1. The summed E-state index contributed by atoms with van der Waals surface area (Å²) in [5.74, 6) is 1.02. The van der Waals surface area contributed by atoms with E-state index in [1.807, 2.05) is 65.4 Å². The molecule has 0 saturated carbocycles. The molecule has 0 unspecified atom stereocenters. The van der Waals surface area contributed by atoms with Crippen molar-refractivity contribution in [1.82, 2.24) is 24.3 Å². The molecule has 0 saturated heterocycles. The van der Waals surface area contributed by atoms with Gasteiger partial charge >= 0.3 is 5.97 Å². The van der Waals surface area contributed by atoms with Gasteiger partial charge in [-0.15, -0.1) is 0 Å². The van der Waals surface area contributed by atoms with Gasteiger partial charge in [-0.2, -0.15) is 0 Å². The number of aryl methyl sites for hydroxylation is 1. The molecule has 0 fully saturated rings. The van der Waals surface area contributed by atoms with Gasteiger partial charge in [-0.1, -0.05) is 42.5 Å². The molecule has 11 nitrogen and oxygen atoms in total. The summed E-state index contributed by atoms with van der Waals surface area (Å²) in [6, 6.07) is 15.7. The van der Waals surface area contributed by atoms with Crippen LogP contribution in [0.5, 0.6) is 0 Å². The van der Waals surface area contributed by atoms with Gasteiger partial charge < -0.3 is 29.4 Å². The molecular formula is C32H42N6O5. The van der Waals surface area contributed by atoms with E-state index >= 15 is 0 Å². The Morgan fingerprint density at radius 2 is 1.65 bits per heavy atom. The molecule has 11 heteroatoms. The van der Waals surface area contributed by atoms with Gasteiger partial charge in [0.05, 0.1) is 44.3 Å². The summed E-state index contributed by atoms with van der Waals surface area (Å²) in [6.07, 6.45) is 1.54. The number of imidazole rings is 1. The highest BCUT2D eigenvalue weighted by molar-refractivity contribution is 6.06. The van der Waals surface area contributed by atoms with E-state index in [-0.39, 0.29) is 24.8 Å². The molecular weight excluding hydrogens is 548 g/mol. The molecule has 0 aliphatic heterocycles. The fourth-order valence-electron chi connectivity index (χ4n) is 5.12. The molecule has 4 aromatic rings. The third-order valence-corrected chi connectivity index (χ3v) is 7.44. The summed E-state index contributed by atoms with van der Waals surface area (Å²) in [4.78, 5) is 38.5. The quantitative estimate of drug-likeness (QED) is 0.196. The van der Waals surface area contributed by atoms with Crippen molar-refractivity contribution < 1.29 is 23.8 Å². The zero-order chi connectivity index (χ0) is 30.8. The summed E-state index contributed by atoms with van der Waals surface area (Å²) < 4.78 is 17.5. The van der Waals surface area contributed by atoms with Crippen LogP contribution < -0.4 is 5.73 Å². The number of esters is 1. The number of rotatable bonds is 16. The van der Waals surface area contributed by atoms with Gasteiger partial charge in [0.2, 0.25) is 5.91 Å². The number of nitrogen functional groups attached to an aromatic ring is 1. The summed E-state index contributed by atoms with van der Waals surface area (Å²) >= 11 is 0. The van der Waals surface area contributed by atoms with Gasteiger partial charge in [-0.3, -0.25) is 14.5 Å². The van der Waals surface area contributed by atoms with Gasteiger partial charge in [-0.25, -0.2) is 9.97 Å². The van der Waals surface area contributed by atoms with Crippen molar-refractivity contribution in [3.8, 4) is 0 Å². The van der Waals surface area contributed by atoms with E-state index in [4.69, 9.17) is 24.9 Å². The zero-order valence-electron chi connectivity index (χ0n) is 25.5. The van der Waals surface area contributed by atoms with E-state index in [0.717, 1.165) is 33.4 Å². The van der Waals surface area contributed by atoms with Crippen LogP contribution in [0.15, 0.2) is 48.5 Å². The largest absolute Gasteiger partial charge is 0.469 e. The second-order valence-electron chi connectivity index (χ2n) is 10.6. The third-order valence-electron chi connectivity index (χ3n) is 7.44. The van der Waals surface area contributed by atoms with Crippen molar-refractivity contribution in [2.75, 3.05) is 67.0 Å². The molecule has 43 heavy (non-hydrogen) atoms. The minimum Gasteiger partial charge on any atom is -0.469 e. The SMILES string of the molecule is COCCc1nc2c(N)nc3ccccc3c2n1CCCN(Cc1ccc(CC(=O)OC)cc1)C(=O)CN(C)CCOC. The van der Waals surface area contributed by atoms with Crippen molar-refractivity contribution in [3.63, 3.8) is 0 Å². The summed E-state index contributed by atoms with van der Waals surface area (Å²) in [7, 11) is 6.62. The highest BCUT2D eigenvalue weighted by atomic mass is 16.5. The number of hydrogen-bond acceptors (Lipinski definition) is 9. The van der Waals surface area contributed by atoms with Crippen LogP contribution in [0.1, 0.15) is 23.4 Å². The maximum Gasteiger partial charge on any atom is 0.309 e. The fraction of sp³-hybridized carbons (Fsp3) is 0.438. The number of methoxy groups -OCH3 is 3. The summed E-state index contributed by atoms with van der Waals surface area (Å²) in [5.41, 5.74) is 10.7. The van der Waals surface area contributed by atoms with E-state index in [1.165, 1.54) is 7.11 Å². The lowest BCUT2D eigenvalue weighted by atomic mass is 10.1. The molecule has 0 radical (unpaired) electrons. The molecule has 0 bridgehead atoms. The van der Waals surface area contributed by atoms with Crippen molar-refractivity contribution in [2.24, 2.45) is 0 Å². The van der Waals surface area contributed by atoms with Gasteiger partial charge in [0, 0.05) is 52.2 Å². The van der Waals surface area contributed by atoms with Gasteiger partial charge in [0.25, 0.3) is 0 Å². The number of hydrogen-bond donors (Lipinski definition) is 1. The first-order chi connectivity index (χ1) is 20.8. The Hall–Kier alpha value is -4.06. The smallest absolute Gasteiger partial charge is 0.309 e. The highest BCUT2D eigenvalue weighted by Crippen LogP contribution is 2.29. The number of likely N-dealkylation sites (N-methyl/N-ethyl adjacent to an activating group) is 1. The number of amides is 1. The number of anilines is 1. The molecule has 0 spiro atoms. The molecule has 0 aliphatic carbocycles. The minimum absolute atomic E-state index is 0.0335. The Bertz CT molecular complexity index is 1520. The minimum atomic E-state index is -0.286. The van der Waals surface area contributed by atoms with Crippen molar-refractivity contribution in [3.05, 3.63) is 65.5 Å². The lowest BCUT2D eigenvalue weighted by Crippen LogP contribution is -2.40. The maximum absolute atomic E-state index is 13.5. The van der Waals surface area contributed by atoms with Crippen molar-refractivity contribution >= 4 is 39.6 Å². The van der Waals surface area contributed by atoms with E-state index < -0.39 is 0 Å². The van der Waals surface area contributed by atoms with Crippen LogP contribution in [-0.4, -0.2) is 97.4 Å². The molecule has 1 amide bonds. The van der Waals surface area contributed by atoms with Crippen LogP contribution in [0.3, 0.4) is 0 Å². The third kappa shape index (κ3) is 8.28. The first-order valence-electron chi connectivity index (χ1n) is 14.5. The number of nitrogens with zero attached hydrogens (tertiary/aromatic N) is 5. The average molecular weight is 591 g/mol. The lowest BCUT2D eigenvalue weighted by molar-refractivity contribution is -0.139. The number of aromatic nitrogens is 3. The van der Waals surface area contributed by atoms with E-state index in [1.54, 1.807) is 14.2 Å². The monoisotopic (exact) mass is 590 g/mol.